The predicted octanol–water partition coefficient (Wildman–Crippen LogP) is 3.48. The number of hydrogen-bond acceptors (Lipinski definition) is 4. The molecule has 1 aromatic carbocycles. The van der Waals surface area contributed by atoms with Gasteiger partial charge in [0.1, 0.15) is 11.5 Å². The molecule has 4 heteroatoms. The van der Waals surface area contributed by atoms with E-state index in [0.29, 0.717) is 0 Å². The Morgan fingerprint density at radius 1 is 1.19 bits per heavy atom. The maximum atomic E-state index is 5.46. The molecule has 0 radical (unpaired) electrons. The molecular formula is C17H24N2O2. The molecule has 0 bridgehead atoms. The summed E-state index contributed by atoms with van der Waals surface area (Å²) in [5.74, 6) is 1.66. The molecule has 0 spiro atoms. The van der Waals surface area contributed by atoms with Crippen molar-refractivity contribution in [2.24, 2.45) is 10.4 Å². The summed E-state index contributed by atoms with van der Waals surface area (Å²) in [6, 6.07) is 5.93. The zero-order chi connectivity index (χ0) is 15.5. The Hall–Kier alpha value is -1.97. The number of aliphatic imine (C=N–C) groups is 1. The molecule has 1 aliphatic rings. The van der Waals surface area contributed by atoms with Gasteiger partial charge in [0, 0.05) is 36.0 Å². The van der Waals surface area contributed by atoms with Crippen molar-refractivity contribution in [2.45, 2.75) is 27.3 Å². The third kappa shape index (κ3) is 3.78. The minimum atomic E-state index is 0.0547. The van der Waals surface area contributed by atoms with Gasteiger partial charge in [-0.1, -0.05) is 20.8 Å². The second-order valence-corrected chi connectivity index (χ2v) is 6.18. The van der Waals surface area contributed by atoms with Crippen LogP contribution in [0.1, 0.15) is 26.3 Å². The summed E-state index contributed by atoms with van der Waals surface area (Å²) in [6.07, 6.45) is 4.11. The highest BCUT2D eigenvalue weighted by atomic mass is 16.5. The van der Waals surface area contributed by atoms with Crippen molar-refractivity contribution in [1.82, 2.24) is 4.90 Å². The highest BCUT2D eigenvalue weighted by Gasteiger charge is 2.20. The maximum Gasteiger partial charge on any atom is 0.127 e. The largest absolute Gasteiger partial charge is 0.497 e. The molecule has 0 atom stereocenters. The van der Waals surface area contributed by atoms with Crippen LogP contribution in [0.3, 0.4) is 0 Å². The number of benzene rings is 1. The summed E-state index contributed by atoms with van der Waals surface area (Å²) in [7, 11) is 3.35. The molecule has 114 valence electrons. The number of methoxy groups -OCH3 is 2. The van der Waals surface area contributed by atoms with Gasteiger partial charge in [0.2, 0.25) is 0 Å². The van der Waals surface area contributed by atoms with Crippen molar-refractivity contribution in [2.75, 3.05) is 20.8 Å². The minimum Gasteiger partial charge on any atom is -0.497 e. The number of ether oxygens (including phenoxy) is 2. The molecule has 0 saturated carbocycles. The topological polar surface area (TPSA) is 34.1 Å². The normalized spacial score (nSPS) is 14.9. The molecule has 0 saturated heterocycles. The first kappa shape index (κ1) is 15.4. The Balaban J connectivity index is 2.19. The van der Waals surface area contributed by atoms with E-state index in [2.05, 4.69) is 36.9 Å². The van der Waals surface area contributed by atoms with E-state index in [4.69, 9.17) is 9.47 Å². The molecule has 1 heterocycles. The van der Waals surface area contributed by atoms with E-state index in [1.807, 2.05) is 24.4 Å². The Labute approximate surface area is 127 Å². The first-order valence-corrected chi connectivity index (χ1v) is 7.14. The Kier molecular flexibility index (Phi) is 4.56. The molecule has 4 nitrogen and oxygen atoms in total. The molecule has 0 amide bonds. The number of hydrogen-bond donors (Lipinski definition) is 0. The standard InChI is InChI=1S/C17H24N2O2/c1-17(2,3)16-12-19(9-8-18-16)11-13-6-7-14(20-4)10-15(13)21-5/h6-8,10,12H,9,11H2,1-5H3. The minimum absolute atomic E-state index is 0.0547. The van der Waals surface area contributed by atoms with Crippen LogP contribution >= 0.6 is 0 Å². The summed E-state index contributed by atoms with van der Waals surface area (Å²) in [4.78, 5) is 6.75. The second-order valence-electron chi connectivity index (χ2n) is 6.18. The van der Waals surface area contributed by atoms with Crippen LogP contribution in [0.4, 0.5) is 0 Å². The van der Waals surface area contributed by atoms with E-state index in [1.54, 1.807) is 14.2 Å². The fraction of sp³-hybridized carbons (Fsp3) is 0.471. The smallest absolute Gasteiger partial charge is 0.127 e. The Morgan fingerprint density at radius 2 is 1.95 bits per heavy atom. The van der Waals surface area contributed by atoms with Crippen LogP contribution in [0.2, 0.25) is 0 Å². The van der Waals surface area contributed by atoms with Crippen LogP contribution in [-0.2, 0) is 6.54 Å². The fourth-order valence-electron chi connectivity index (χ4n) is 2.20. The number of rotatable bonds is 4. The average molecular weight is 288 g/mol. The molecule has 21 heavy (non-hydrogen) atoms. The van der Waals surface area contributed by atoms with Crippen molar-refractivity contribution in [1.29, 1.82) is 0 Å². The lowest BCUT2D eigenvalue weighted by atomic mass is 9.92. The van der Waals surface area contributed by atoms with Gasteiger partial charge in [-0.15, -0.1) is 0 Å². The van der Waals surface area contributed by atoms with Gasteiger partial charge in [0.05, 0.1) is 26.5 Å². The van der Waals surface area contributed by atoms with Gasteiger partial charge in [-0.3, -0.25) is 4.99 Å². The van der Waals surface area contributed by atoms with Crippen molar-refractivity contribution in [3.63, 3.8) is 0 Å². The lowest BCUT2D eigenvalue weighted by molar-refractivity contribution is 0.363. The van der Waals surface area contributed by atoms with E-state index < -0.39 is 0 Å². The third-order valence-corrected chi connectivity index (χ3v) is 3.49. The SMILES string of the molecule is COc1ccc(CN2C=C(C(C)(C)C)N=CC2)c(OC)c1. The van der Waals surface area contributed by atoms with Gasteiger partial charge in [-0.2, -0.15) is 0 Å². The number of nitrogens with zero attached hydrogens (tertiary/aromatic N) is 2. The maximum absolute atomic E-state index is 5.46. The van der Waals surface area contributed by atoms with Gasteiger partial charge in [-0.25, -0.2) is 0 Å². The predicted molar refractivity (Wildman–Crippen MR) is 86.0 cm³/mol. The van der Waals surface area contributed by atoms with Crippen molar-refractivity contribution < 1.29 is 9.47 Å². The summed E-state index contributed by atoms with van der Waals surface area (Å²) in [6.45, 7) is 8.13. The third-order valence-electron chi connectivity index (χ3n) is 3.49. The van der Waals surface area contributed by atoms with E-state index in [-0.39, 0.29) is 5.41 Å². The highest BCUT2D eigenvalue weighted by molar-refractivity contribution is 5.63. The molecular weight excluding hydrogens is 264 g/mol. The highest BCUT2D eigenvalue weighted by Crippen LogP contribution is 2.30. The zero-order valence-electron chi connectivity index (χ0n) is 13.5. The summed E-state index contributed by atoms with van der Waals surface area (Å²) >= 11 is 0. The lowest BCUT2D eigenvalue weighted by Crippen LogP contribution is -2.25. The molecule has 0 fully saturated rings. The molecule has 2 rings (SSSR count). The van der Waals surface area contributed by atoms with Gasteiger partial charge >= 0.3 is 0 Å². The monoisotopic (exact) mass is 288 g/mol. The van der Waals surface area contributed by atoms with Crippen LogP contribution in [0.5, 0.6) is 11.5 Å². The van der Waals surface area contributed by atoms with Crippen molar-refractivity contribution in [3.05, 3.63) is 35.7 Å². The van der Waals surface area contributed by atoms with Gasteiger partial charge in [-0.05, 0) is 12.1 Å². The van der Waals surface area contributed by atoms with E-state index in [9.17, 15) is 0 Å². The van der Waals surface area contributed by atoms with Crippen LogP contribution in [0.25, 0.3) is 0 Å². The molecule has 0 N–H and O–H groups in total. The van der Waals surface area contributed by atoms with Gasteiger partial charge < -0.3 is 14.4 Å². The first-order chi connectivity index (χ1) is 9.94. The lowest BCUT2D eigenvalue weighted by Gasteiger charge is -2.28. The second kappa shape index (κ2) is 6.20. The van der Waals surface area contributed by atoms with Crippen molar-refractivity contribution in [3.8, 4) is 11.5 Å². The van der Waals surface area contributed by atoms with Gasteiger partial charge in [0.25, 0.3) is 0 Å². The van der Waals surface area contributed by atoms with E-state index >= 15 is 0 Å². The Bertz CT molecular complexity index is 556. The molecule has 0 aromatic heterocycles. The summed E-state index contributed by atoms with van der Waals surface area (Å²) in [5.41, 5.74) is 2.29. The van der Waals surface area contributed by atoms with Crippen molar-refractivity contribution >= 4 is 6.21 Å². The van der Waals surface area contributed by atoms with Crippen LogP contribution in [0, 0.1) is 5.41 Å². The quantitative estimate of drug-likeness (QED) is 0.850. The van der Waals surface area contributed by atoms with Gasteiger partial charge in [0.15, 0.2) is 0 Å². The molecule has 1 aromatic rings. The van der Waals surface area contributed by atoms with E-state index in [1.165, 1.54) is 0 Å². The average Bonchev–Trinajstić information content (AvgIpc) is 2.47. The Morgan fingerprint density at radius 3 is 2.57 bits per heavy atom. The zero-order valence-corrected chi connectivity index (χ0v) is 13.5. The van der Waals surface area contributed by atoms with Crippen LogP contribution in [0.15, 0.2) is 35.1 Å². The fourth-order valence-corrected chi connectivity index (χ4v) is 2.20. The summed E-state index contributed by atoms with van der Waals surface area (Å²) < 4.78 is 10.7. The molecule has 0 aliphatic carbocycles. The number of allylic oxidation sites excluding steroid dienone is 1. The first-order valence-electron chi connectivity index (χ1n) is 7.14. The van der Waals surface area contributed by atoms with Crippen LogP contribution in [-0.4, -0.2) is 31.9 Å². The molecule has 0 unspecified atom stereocenters. The van der Waals surface area contributed by atoms with E-state index in [0.717, 1.165) is 35.8 Å². The van der Waals surface area contributed by atoms with Crippen LogP contribution < -0.4 is 9.47 Å². The molecule has 1 aliphatic heterocycles. The summed E-state index contributed by atoms with van der Waals surface area (Å²) in [5, 5.41) is 0.